The van der Waals surface area contributed by atoms with Crippen molar-refractivity contribution in [3.63, 3.8) is 0 Å². The summed E-state index contributed by atoms with van der Waals surface area (Å²) >= 11 is 1.91. The fourth-order valence-electron chi connectivity index (χ4n) is 0.940. The van der Waals surface area contributed by atoms with Crippen LogP contribution in [0.2, 0.25) is 0 Å². The summed E-state index contributed by atoms with van der Waals surface area (Å²) in [4.78, 5) is 14.6. The zero-order valence-corrected chi connectivity index (χ0v) is 9.75. The maximum Gasteiger partial charge on any atom is 0.310 e. The molecule has 1 rings (SSSR count). The van der Waals surface area contributed by atoms with Crippen molar-refractivity contribution in [2.45, 2.75) is 13.3 Å². The van der Waals surface area contributed by atoms with Gasteiger partial charge in [-0.05, 0) is 35.6 Å². The van der Waals surface area contributed by atoms with Crippen LogP contribution in [0.15, 0.2) is 12.1 Å². The van der Waals surface area contributed by atoms with Gasteiger partial charge in [-0.25, -0.2) is 4.98 Å². The Morgan fingerprint density at radius 2 is 2.36 bits per heavy atom. The Kier molecular flexibility index (Phi) is 4.24. The number of ether oxygens (including phenoxy) is 1. The van der Waals surface area contributed by atoms with Gasteiger partial charge in [0.15, 0.2) is 0 Å². The Morgan fingerprint density at radius 1 is 1.64 bits per heavy atom. The SMILES string of the molecule is CCOC(=O)Cc1ccc(I)nc1F. The second-order valence-electron chi connectivity index (χ2n) is 2.57. The summed E-state index contributed by atoms with van der Waals surface area (Å²) < 4.78 is 18.4. The molecule has 3 nitrogen and oxygen atoms in total. The lowest BCUT2D eigenvalue weighted by atomic mass is 10.2. The average molecular weight is 309 g/mol. The van der Waals surface area contributed by atoms with E-state index in [2.05, 4.69) is 4.98 Å². The molecule has 0 aliphatic heterocycles. The molecule has 14 heavy (non-hydrogen) atoms. The molecule has 0 amide bonds. The fourth-order valence-corrected chi connectivity index (χ4v) is 1.33. The molecule has 0 unspecified atom stereocenters. The van der Waals surface area contributed by atoms with E-state index >= 15 is 0 Å². The standard InChI is InChI=1S/C9H9FINO2/c1-2-14-8(13)5-6-3-4-7(11)12-9(6)10/h3-4H,2,5H2,1H3. The molecule has 0 saturated heterocycles. The molecule has 76 valence electrons. The van der Waals surface area contributed by atoms with E-state index in [0.29, 0.717) is 10.3 Å². The summed E-state index contributed by atoms with van der Waals surface area (Å²) in [6, 6.07) is 3.19. The molecular weight excluding hydrogens is 300 g/mol. The first-order valence-corrected chi connectivity index (χ1v) is 5.18. The molecule has 5 heteroatoms. The van der Waals surface area contributed by atoms with Gasteiger partial charge in [-0.1, -0.05) is 6.07 Å². The van der Waals surface area contributed by atoms with Crippen molar-refractivity contribution >= 4 is 28.6 Å². The molecule has 0 aliphatic rings. The first kappa shape index (κ1) is 11.4. The minimum absolute atomic E-state index is 0.0659. The van der Waals surface area contributed by atoms with Crippen molar-refractivity contribution in [3.05, 3.63) is 27.3 Å². The third kappa shape index (κ3) is 3.21. The normalized spacial score (nSPS) is 9.93. The van der Waals surface area contributed by atoms with Gasteiger partial charge >= 0.3 is 5.97 Å². The number of carbonyl (C=O) groups is 1. The number of carbonyl (C=O) groups excluding carboxylic acids is 1. The minimum Gasteiger partial charge on any atom is -0.466 e. The van der Waals surface area contributed by atoms with Crippen LogP contribution in [0, 0.1) is 9.65 Å². The molecule has 0 aromatic carbocycles. The molecule has 0 aliphatic carbocycles. The number of esters is 1. The molecular formula is C9H9FINO2. The smallest absolute Gasteiger partial charge is 0.310 e. The van der Waals surface area contributed by atoms with E-state index in [4.69, 9.17) is 4.74 Å². The predicted octanol–water partition coefficient (Wildman–Crippen LogP) is 1.93. The molecule has 0 spiro atoms. The summed E-state index contributed by atoms with van der Waals surface area (Å²) in [7, 11) is 0. The van der Waals surface area contributed by atoms with Gasteiger partial charge in [0.1, 0.15) is 3.70 Å². The number of hydrogen-bond acceptors (Lipinski definition) is 3. The van der Waals surface area contributed by atoms with E-state index in [0.717, 1.165) is 0 Å². The van der Waals surface area contributed by atoms with Gasteiger partial charge in [-0.2, -0.15) is 4.39 Å². The molecule has 1 heterocycles. The molecule has 1 aromatic heterocycles. The molecule has 0 radical (unpaired) electrons. The maximum absolute atomic E-state index is 13.1. The van der Waals surface area contributed by atoms with Crippen molar-refractivity contribution < 1.29 is 13.9 Å². The highest BCUT2D eigenvalue weighted by Gasteiger charge is 2.09. The number of aromatic nitrogens is 1. The highest BCUT2D eigenvalue weighted by molar-refractivity contribution is 14.1. The first-order chi connectivity index (χ1) is 6.63. The Labute approximate surface area is 94.8 Å². The van der Waals surface area contributed by atoms with Gasteiger partial charge in [0, 0.05) is 5.56 Å². The lowest BCUT2D eigenvalue weighted by molar-refractivity contribution is -0.142. The number of rotatable bonds is 3. The van der Waals surface area contributed by atoms with E-state index in [1.54, 1.807) is 19.1 Å². The van der Waals surface area contributed by atoms with Gasteiger partial charge in [-0.3, -0.25) is 4.79 Å². The Bertz CT molecular complexity index is 344. The van der Waals surface area contributed by atoms with E-state index in [-0.39, 0.29) is 12.0 Å². The van der Waals surface area contributed by atoms with Crippen LogP contribution < -0.4 is 0 Å². The van der Waals surface area contributed by atoms with Gasteiger partial charge in [0.05, 0.1) is 13.0 Å². The lowest BCUT2D eigenvalue weighted by Crippen LogP contribution is -2.09. The number of hydrogen-bond donors (Lipinski definition) is 0. The van der Waals surface area contributed by atoms with Crippen LogP contribution >= 0.6 is 22.6 Å². The van der Waals surface area contributed by atoms with E-state index in [1.165, 1.54) is 0 Å². The molecule has 0 bridgehead atoms. The highest BCUT2D eigenvalue weighted by atomic mass is 127. The quantitative estimate of drug-likeness (QED) is 0.486. The predicted molar refractivity (Wildman–Crippen MR) is 57.2 cm³/mol. The monoisotopic (exact) mass is 309 g/mol. The topological polar surface area (TPSA) is 39.2 Å². The van der Waals surface area contributed by atoms with Crippen molar-refractivity contribution in [3.8, 4) is 0 Å². The summed E-state index contributed by atoms with van der Waals surface area (Å²) in [6.07, 6.45) is -0.0659. The molecule has 1 aromatic rings. The van der Waals surface area contributed by atoms with Crippen LogP contribution in [-0.4, -0.2) is 17.6 Å². The van der Waals surface area contributed by atoms with Crippen molar-refractivity contribution in [1.29, 1.82) is 0 Å². The van der Waals surface area contributed by atoms with Crippen LogP contribution in [0.3, 0.4) is 0 Å². The number of pyridine rings is 1. The maximum atomic E-state index is 13.1. The Morgan fingerprint density at radius 3 is 2.93 bits per heavy atom. The summed E-state index contributed by atoms with van der Waals surface area (Å²) in [5.41, 5.74) is 0.267. The van der Waals surface area contributed by atoms with E-state index in [9.17, 15) is 9.18 Å². The third-order valence-corrected chi connectivity index (χ3v) is 2.13. The van der Waals surface area contributed by atoms with Crippen LogP contribution in [0.25, 0.3) is 0 Å². The Balaban J connectivity index is 2.72. The molecule has 0 fully saturated rings. The largest absolute Gasteiger partial charge is 0.466 e. The molecule has 0 N–H and O–H groups in total. The lowest BCUT2D eigenvalue weighted by Gasteiger charge is -2.02. The second kappa shape index (κ2) is 5.23. The van der Waals surface area contributed by atoms with E-state index in [1.807, 2.05) is 22.6 Å². The van der Waals surface area contributed by atoms with Crippen LogP contribution in [-0.2, 0) is 16.0 Å². The van der Waals surface area contributed by atoms with Crippen LogP contribution in [0.4, 0.5) is 4.39 Å². The summed E-state index contributed by atoms with van der Waals surface area (Å²) in [5.74, 6) is -1.04. The second-order valence-corrected chi connectivity index (χ2v) is 3.67. The zero-order valence-electron chi connectivity index (χ0n) is 7.59. The van der Waals surface area contributed by atoms with Gasteiger partial charge in [-0.15, -0.1) is 0 Å². The molecule has 0 saturated carbocycles. The van der Waals surface area contributed by atoms with Gasteiger partial charge < -0.3 is 4.74 Å². The first-order valence-electron chi connectivity index (χ1n) is 4.10. The number of nitrogens with zero attached hydrogens (tertiary/aromatic N) is 1. The van der Waals surface area contributed by atoms with Crippen molar-refractivity contribution in [1.82, 2.24) is 4.98 Å². The van der Waals surface area contributed by atoms with Crippen molar-refractivity contribution in [2.75, 3.05) is 6.61 Å². The minimum atomic E-state index is -0.607. The van der Waals surface area contributed by atoms with Gasteiger partial charge in [0.2, 0.25) is 5.95 Å². The summed E-state index contributed by atoms with van der Waals surface area (Å²) in [5, 5.41) is 0. The fraction of sp³-hybridized carbons (Fsp3) is 0.333. The molecule has 0 atom stereocenters. The van der Waals surface area contributed by atoms with Crippen molar-refractivity contribution in [2.24, 2.45) is 0 Å². The van der Waals surface area contributed by atoms with Gasteiger partial charge in [0.25, 0.3) is 0 Å². The van der Waals surface area contributed by atoms with Crippen LogP contribution in [0.5, 0.6) is 0 Å². The van der Waals surface area contributed by atoms with E-state index < -0.39 is 11.9 Å². The third-order valence-electron chi connectivity index (χ3n) is 1.53. The average Bonchev–Trinajstić information content (AvgIpc) is 2.10. The summed E-state index contributed by atoms with van der Waals surface area (Å²) in [6.45, 7) is 2.01. The number of halogens is 2. The zero-order chi connectivity index (χ0) is 10.6. The Hall–Kier alpha value is -0.720. The van der Waals surface area contributed by atoms with Crippen LogP contribution in [0.1, 0.15) is 12.5 Å². The highest BCUT2D eigenvalue weighted by Crippen LogP contribution is 2.09.